The molecule has 26 heavy (non-hydrogen) atoms. The smallest absolute Gasteiger partial charge is 0.113 e. The SMILES string of the molecule is N#Cc1ccc([C@@H]2O[C@H](CO)[C@@H](O)[C@H](O)[C@H]2O)cc1CC1=CCCC=C1. The second-order valence-electron chi connectivity index (χ2n) is 6.71. The van der Waals surface area contributed by atoms with Crippen molar-refractivity contribution in [2.45, 2.75) is 49.8 Å². The van der Waals surface area contributed by atoms with Crippen molar-refractivity contribution in [3.05, 3.63) is 58.7 Å². The van der Waals surface area contributed by atoms with Gasteiger partial charge in [-0.05, 0) is 42.0 Å². The summed E-state index contributed by atoms with van der Waals surface area (Å²) in [4.78, 5) is 0. The van der Waals surface area contributed by atoms with Crippen molar-refractivity contribution in [3.63, 3.8) is 0 Å². The van der Waals surface area contributed by atoms with Crippen LogP contribution in [0.5, 0.6) is 0 Å². The van der Waals surface area contributed by atoms with E-state index in [9.17, 15) is 25.7 Å². The van der Waals surface area contributed by atoms with Crippen LogP contribution in [0.3, 0.4) is 0 Å². The third-order valence-corrected chi connectivity index (χ3v) is 4.94. The number of allylic oxidation sites excluding steroid dienone is 4. The van der Waals surface area contributed by atoms with Crippen LogP contribution in [0.2, 0.25) is 0 Å². The minimum Gasteiger partial charge on any atom is -0.394 e. The molecule has 2 aliphatic rings. The van der Waals surface area contributed by atoms with Crippen LogP contribution in [-0.2, 0) is 11.2 Å². The Bertz CT molecular complexity index is 749. The highest BCUT2D eigenvalue weighted by Gasteiger charge is 2.44. The zero-order valence-electron chi connectivity index (χ0n) is 14.3. The predicted molar refractivity (Wildman–Crippen MR) is 94.0 cm³/mol. The number of aliphatic hydroxyl groups is 4. The van der Waals surface area contributed by atoms with E-state index in [-0.39, 0.29) is 0 Å². The third kappa shape index (κ3) is 3.73. The minimum atomic E-state index is -1.42. The van der Waals surface area contributed by atoms with Crippen molar-refractivity contribution in [1.29, 1.82) is 5.26 Å². The van der Waals surface area contributed by atoms with Gasteiger partial charge in [0.1, 0.15) is 30.5 Å². The molecule has 5 atom stereocenters. The molecule has 1 heterocycles. The van der Waals surface area contributed by atoms with Crippen LogP contribution < -0.4 is 0 Å². The molecule has 0 saturated carbocycles. The highest BCUT2D eigenvalue weighted by atomic mass is 16.5. The number of nitriles is 1. The second kappa shape index (κ2) is 8.12. The number of nitrogens with zero attached hydrogens (tertiary/aromatic N) is 1. The molecule has 6 nitrogen and oxygen atoms in total. The number of benzene rings is 1. The lowest BCUT2D eigenvalue weighted by atomic mass is 9.88. The van der Waals surface area contributed by atoms with E-state index in [0.717, 1.165) is 24.0 Å². The number of aliphatic hydroxyl groups excluding tert-OH is 4. The monoisotopic (exact) mass is 357 g/mol. The standard InChI is InChI=1S/C20H23NO5/c21-10-14-7-6-13(9-15(14)8-12-4-2-1-3-5-12)20-19(25)18(24)17(23)16(11-22)26-20/h2,4-7,9,16-20,22-25H,1,3,8,11H2/t16-,17-,18+,19-,20+/m1/s1. The highest BCUT2D eigenvalue weighted by molar-refractivity contribution is 5.44. The molecule has 1 saturated heterocycles. The van der Waals surface area contributed by atoms with Crippen molar-refractivity contribution in [1.82, 2.24) is 0 Å². The lowest BCUT2D eigenvalue weighted by molar-refractivity contribution is -0.231. The molecule has 6 heteroatoms. The van der Waals surface area contributed by atoms with Gasteiger partial charge in [0.15, 0.2) is 0 Å². The minimum absolute atomic E-state index is 0.470. The van der Waals surface area contributed by atoms with E-state index in [1.807, 2.05) is 6.08 Å². The average molecular weight is 357 g/mol. The Hall–Kier alpha value is -2.01. The lowest BCUT2D eigenvalue weighted by Crippen LogP contribution is -2.55. The summed E-state index contributed by atoms with van der Waals surface area (Å²) in [5, 5.41) is 49.0. The van der Waals surface area contributed by atoms with Crippen molar-refractivity contribution >= 4 is 0 Å². The molecule has 1 aliphatic heterocycles. The summed E-state index contributed by atoms with van der Waals surface area (Å²) in [6.45, 7) is -0.470. The van der Waals surface area contributed by atoms with Gasteiger partial charge in [0.05, 0.1) is 18.2 Å². The Morgan fingerprint density at radius 2 is 1.92 bits per heavy atom. The van der Waals surface area contributed by atoms with Gasteiger partial charge in [0.25, 0.3) is 0 Å². The molecule has 0 spiro atoms. The molecule has 0 unspecified atom stereocenters. The van der Waals surface area contributed by atoms with Crippen LogP contribution in [-0.4, -0.2) is 51.4 Å². The molecular formula is C20H23NO5. The largest absolute Gasteiger partial charge is 0.394 e. The summed E-state index contributed by atoms with van der Waals surface area (Å²) < 4.78 is 5.61. The zero-order valence-corrected chi connectivity index (χ0v) is 14.3. The number of hydrogen-bond acceptors (Lipinski definition) is 6. The van der Waals surface area contributed by atoms with E-state index >= 15 is 0 Å². The maximum absolute atomic E-state index is 10.3. The van der Waals surface area contributed by atoms with Gasteiger partial charge in [-0.3, -0.25) is 0 Å². The molecule has 4 N–H and O–H groups in total. The summed E-state index contributed by atoms with van der Waals surface area (Å²) >= 11 is 0. The van der Waals surface area contributed by atoms with Crippen LogP contribution in [0.15, 0.2) is 42.0 Å². The maximum Gasteiger partial charge on any atom is 0.113 e. The van der Waals surface area contributed by atoms with E-state index in [2.05, 4.69) is 18.2 Å². The highest BCUT2D eigenvalue weighted by Crippen LogP contribution is 2.33. The molecule has 0 amide bonds. The van der Waals surface area contributed by atoms with Gasteiger partial charge in [-0.2, -0.15) is 5.26 Å². The first-order valence-electron chi connectivity index (χ1n) is 8.74. The first kappa shape index (κ1) is 18.8. The molecule has 1 fully saturated rings. The van der Waals surface area contributed by atoms with E-state index in [4.69, 9.17) is 4.74 Å². The normalized spacial score (nSPS) is 31.3. The summed E-state index contributed by atoms with van der Waals surface area (Å²) in [5.41, 5.74) is 3.06. The summed E-state index contributed by atoms with van der Waals surface area (Å²) in [5.74, 6) is 0. The molecule has 3 rings (SSSR count). The molecule has 0 radical (unpaired) electrons. The molecule has 0 bridgehead atoms. The molecule has 0 aromatic heterocycles. The Morgan fingerprint density at radius 1 is 1.12 bits per heavy atom. The van der Waals surface area contributed by atoms with Crippen LogP contribution >= 0.6 is 0 Å². The summed E-state index contributed by atoms with van der Waals surface area (Å²) in [7, 11) is 0. The average Bonchev–Trinajstić information content (AvgIpc) is 2.67. The Morgan fingerprint density at radius 3 is 2.58 bits per heavy atom. The Labute approximate surface area is 152 Å². The predicted octanol–water partition coefficient (Wildman–Crippen LogP) is 0.892. The Kier molecular flexibility index (Phi) is 5.87. The van der Waals surface area contributed by atoms with Gasteiger partial charge in [-0.1, -0.05) is 30.4 Å². The quantitative estimate of drug-likeness (QED) is 0.636. The molecule has 138 valence electrons. The maximum atomic E-state index is 10.3. The molecule has 1 aromatic carbocycles. The zero-order chi connectivity index (χ0) is 18.7. The first-order valence-corrected chi connectivity index (χ1v) is 8.74. The van der Waals surface area contributed by atoms with Crippen LogP contribution in [0.25, 0.3) is 0 Å². The van der Waals surface area contributed by atoms with Crippen molar-refractivity contribution in [2.24, 2.45) is 0 Å². The van der Waals surface area contributed by atoms with E-state index < -0.39 is 37.1 Å². The summed E-state index contributed by atoms with van der Waals surface area (Å²) in [6.07, 6.45) is 2.87. The van der Waals surface area contributed by atoms with Crippen molar-refractivity contribution < 1.29 is 25.2 Å². The van der Waals surface area contributed by atoms with Crippen molar-refractivity contribution in [3.8, 4) is 6.07 Å². The van der Waals surface area contributed by atoms with Gasteiger partial charge in [-0.15, -0.1) is 0 Å². The first-order chi connectivity index (χ1) is 12.5. The molecular weight excluding hydrogens is 334 g/mol. The van der Waals surface area contributed by atoms with E-state index in [1.54, 1.807) is 18.2 Å². The topological polar surface area (TPSA) is 114 Å². The van der Waals surface area contributed by atoms with Gasteiger partial charge < -0.3 is 25.2 Å². The van der Waals surface area contributed by atoms with Gasteiger partial charge in [0, 0.05) is 0 Å². The molecule has 1 aliphatic carbocycles. The van der Waals surface area contributed by atoms with Crippen LogP contribution in [0.4, 0.5) is 0 Å². The third-order valence-electron chi connectivity index (χ3n) is 4.94. The fourth-order valence-corrected chi connectivity index (χ4v) is 3.44. The van der Waals surface area contributed by atoms with E-state index in [0.29, 0.717) is 17.5 Å². The van der Waals surface area contributed by atoms with Gasteiger partial charge in [-0.25, -0.2) is 0 Å². The summed E-state index contributed by atoms with van der Waals surface area (Å²) in [6, 6.07) is 7.30. The van der Waals surface area contributed by atoms with Crippen LogP contribution in [0.1, 0.15) is 35.6 Å². The number of rotatable bonds is 4. The lowest BCUT2D eigenvalue weighted by Gasteiger charge is -2.40. The number of hydrogen-bond donors (Lipinski definition) is 4. The fraction of sp³-hybridized carbons (Fsp3) is 0.450. The van der Waals surface area contributed by atoms with E-state index in [1.165, 1.54) is 0 Å². The second-order valence-corrected chi connectivity index (χ2v) is 6.71. The number of ether oxygens (including phenoxy) is 1. The van der Waals surface area contributed by atoms with Gasteiger partial charge >= 0.3 is 0 Å². The van der Waals surface area contributed by atoms with Crippen LogP contribution in [0, 0.1) is 11.3 Å². The van der Waals surface area contributed by atoms with Crippen molar-refractivity contribution in [2.75, 3.05) is 6.61 Å². The Balaban J connectivity index is 1.90. The fourth-order valence-electron chi connectivity index (χ4n) is 3.44. The van der Waals surface area contributed by atoms with Gasteiger partial charge in [0.2, 0.25) is 0 Å². The molecule has 1 aromatic rings.